The fraction of sp³-hybridized carbons (Fsp3) is 0.429. The molecule has 2 aromatic rings. The molecule has 2 aromatic carbocycles. The lowest BCUT2D eigenvalue weighted by molar-refractivity contribution is -0.167. The molecule has 0 fully saturated rings. The van der Waals surface area contributed by atoms with Crippen LogP contribution in [0.4, 0.5) is 13.2 Å². The molecule has 174 valence electrons. The van der Waals surface area contributed by atoms with Crippen LogP contribution in [0.2, 0.25) is 0 Å². The van der Waals surface area contributed by atoms with E-state index < -0.39 is 39.1 Å². The molecule has 0 N–H and O–H groups in total. The Morgan fingerprint density at radius 3 is 2.31 bits per heavy atom. The summed E-state index contributed by atoms with van der Waals surface area (Å²) >= 11 is 0. The highest BCUT2D eigenvalue weighted by Gasteiger charge is 2.49. The molecule has 0 radical (unpaired) electrons. The lowest BCUT2D eigenvalue weighted by Gasteiger charge is -2.29. The van der Waals surface area contributed by atoms with Crippen molar-refractivity contribution in [3.63, 3.8) is 0 Å². The number of nitrogens with zero attached hydrogens (tertiary/aromatic N) is 1. The fourth-order valence-electron chi connectivity index (χ4n) is 2.96. The van der Waals surface area contributed by atoms with Crippen LogP contribution in [-0.4, -0.2) is 32.1 Å². The predicted octanol–water partition coefficient (Wildman–Crippen LogP) is 4.67. The Morgan fingerprint density at radius 2 is 1.81 bits per heavy atom. The minimum atomic E-state index is -6.09. The maximum atomic E-state index is 13.1. The van der Waals surface area contributed by atoms with Crippen molar-refractivity contribution >= 4 is 26.9 Å². The van der Waals surface area contributed by atoms with Crippen LogP contribution >= 0.6 is 0 Å². The first-order chi connectivity index (χ1) is 14.6. The van der Waals surface area contributed by atoms with Crippen molar-refractivity contribution in [1.82, 2.24) is 0 Å². The molecule has 0 saturated carbocycles. The molecular weight excluding hydrogens is 451 g/mol. The molecule has 0 saturated heterocycles. The Kier molecular flexibility index (Phi) is 7.11. The highest BCUT2D eigenvalue weighted by molar-refractivity contribution is 7.88. The largest absolute Gasteiger partial charge is 0.534 e. The molecule has 0 aliphatic rings. The first-order valence-electron chi connectivity index (χ1n) is 9.44. The van der Waals surface area contributed by atoms with Crippen molar-refractivity contribution in [2.45, 2.75) is 51.8 Å². The van der Waals surface area contributed by atoms with Gasteiger partial charge in [0, 0.05) is 10.9 Å². The lowest BCUT2D eigenvalue weighted by Crippen LogP contribution is -2.31. The lowest BCUT2D eigenvalue weighted by atomic mass is 9.95. The smallest absolute Gasteiger partial charge is 0.464 e. The highest BCUT2D eigenvalue weighted by Crippen LogP contribution is 2.42. The number of ether oxygens (including phenoxy) is 2. The van der Waals surface area contributed by atoms with Crippen LogP contribution in [0.25, 0.3) is 10.8 Å². The normalized spacial score (nSPS) is 13.5. The number of rotatable bonds is 6. The van der Waals surface area contributed by atoms with Crippen LogP contribution in [0.15, 0.2) is 24.3 Å². The van der Waals surface area contributed by atoms with Crippen LogP contribution < -0.4 is 4.18 Å². The summed E-state index contributed by atoms with van der Waals surface area (Å²) in [7, 11) is -6.09. The predicted molar refractivity (Wildman–Crippen MR) is 109 cm³/mol. The zero-order valence-corrected chi connectivity index (χ0v) is 18.8. The van der Waals surface area contributed by atoms with Crippen LogP contribution in [0.5, 0.6) is 5.75 Å². The molecule has 0 aliphatic heterocycles. The van der Waals surface area contributed by atoms with Gasteiger partial charge in [0.05, 0.1) is 23.8 Å². The second-order valence-corrected chi connectivity index (χ2v) is 9.37. The Labute approximate surface area is 183 Å². The molecular formula is C21H22F3NO6S. The van der Waals surface area contributed by atoms with E-state index in [1.54, 1.807) is 20.8 Å². The zero-order chi connectivity index (χ0) is 24.5. The van der Waals surface area contributed by atoms with E-state index in [-0.39, 0.29) is 34.1 Å². The van der Waals surface area contributed by atoms with E-state index in [1.165, 1.54) is 38.1 Å². The van der Waals surface area contributed by atoms with Gasteiger partial charge in [-0.25, -0.2) is 4.79 Å². The van der Waals surface area contributed by atoms with Crippen LogP contribution in [0.3, 0.4) is 0 Å². The second-order valence-electron chi connectivity index (χ2n) is 7.83. The Bertz CT molecular complexity index is 1180. The molecule has 0 heterocycles. The number of hydrogen-bond acceptors (Lipinski definition) is 7. The van der Waals surface area contributed by atoms with E-state index in [4.69, 9.17) is 14.7 Å². The van der Waals surface area contributed by atoms with Crippen molar-refractivity contribution in [3.05, 3.63) is 41.0 Å². The van der Waals surface area contributed by atoms with Gasteiger partial charge in [0.15, 0.2) is 11.9 Å². The molecule has 0 aliphatic carbocycles. The standard InChI is InChI=1S/C21H22F3NO6S/c1-6-29-19(26)18(30-20(3,4)5)16-12(2)9-14-10-13(11-25)7-8-15(14)17(16)31-32(27,28)21(22,23)24/h7-10,18H,6H2,1-5H3/t18-/m0/s1. The van der Waals surface area contributed by atoms with Gasteiger partial charge in [0.1, 0.15) is 0 Å². The number of aryl methyl sites for hydroxylation is 1. The molecule has 2 rings (SSSR count). The van der Waals surface area contributed by atoms with Gasteiger partial charge in [-0.15, -0.1) is 0 Å². The highest BCUT2D eigenvalue weighted by atomic mass is 32.2. The molecule has 0 aromatic heterocycles. The van der Waals surface area contributed by atoms with Gasteiger partial charge < -0.3 is 13.7 Å². The van der Waals surface area contributed by atoms with Crippen LogP contribution in [0, 0.1) is 18.3 Å². The summed E-state index contributed by atoms with van der Waals surface area (Å²) in [6.07, 6.45) is -1.58. The summed E-state index contributed by atoms with van der Waals surface area (Å²) in [4.78, 5) is 12.7. The zero-order valence-electron chi connectivity index (χ0n) is 18.0. The summed E-state index contributed by atoms with van der Waals surface area (Å²) in [6, 6.07) is 7.29. The average molecular weight is 473 g/mol. The van der Waals surface area contributed by atoms with Gasteiger partial charge in [-0.3, -0.25) is 0 Å². The van der Waals surface area contributed by atoms with Crippen molar-refractivity contribution in [2.24, 2.45) is 0 Å². The van der Waals surface area contributed by atoms with Gasteiger partial charge in [0.25, 0.3) is 0 Å². The van der Waals surface area contributed by atoms with E-state index in [0.29, 0.717) is 0 Å². The van der Waals surface area contributed by atoms with Gasteiger partial charge in [-0.05, 0) is 63.8 Å². The third-order valence-corrected chi connectivity index (χ3v) is 5.13. The van der Waals surface area contributed by atoms with Gasteiger partial charge in [0.2, 0.25) is 0 Å². The summed E-state index contributed by atoms with van der Waals surface area (Å²) in [5.74, 6) is -1.64. The van der Waals surface area contributed by atoms with E-state index in [2.05, 4.69) is 4.18 Å². The van der Waals surface area contributed by atoms with E-state index in [1.807, 2.05) is 6.07 Å². The molecule has 1 atom stereocenters. The van der Waals surface area contributed by atoms with Gasteiger partial charge in [-0.2, -0.15) is 26.9 Å². The Balaban J connectivity index is 2.92. The summed E-state index contributed by atoms with van der Waals surface area (Å²) in [5, 5.41) is 9.32. The quantitative estimate of drug-likeness (QED) is 0.341. The number of hydrogen-bond donors (Lipinski definition) is 0. The average Bonchev–Trinajstić information content (AvgIpc) is 2.64. The number of carbonyl (C=O) groups excluding carboxylic acids is 1. The Morgan fingerprint density at radius 1 is 1.19 bits per heavy atom. The summed E-state index contributed by atoms with van der Waals surface area (Å²) in [6.45, 7) is 7.79. The number of benzene rings is 2. The minimum Gasteiger partial charge on any atom is -0.464 e. The fourth-order valence-corrected chi connectivity index (χ4v) is 3.46. The molecule has 7 nitrogen and oxygen atoms in total. The molecule has 0 spiro atoms. The number of carbonyl (C=O) groups is 1. The van der Waals surface area contributed by atoms with Crippen LogP contribution in [-0.2, 0) is 24.4 Å². The maximum absolute atomic E-state index is 13.1. The molecule has 32 heavy (non-hydrogen) atoms. The van der Waals surface area contributed by atoms with Gasteiger partial charge >= 0.3 is 21.6 Å². The van der Waals surface area contributed by atoms with Crippen molar-refractivity contribution in [3.8, 4) is 11.8 Å². The molecule has 0 bridgehead atoms. The number of fused-ring (bicyclic) bond motifs is 1. The molecule has 0 amide bonds. The number of nitriles is 1. The third-order valence-electron chi connectivity index (χ3n) is 4.18. The second kappa shape index (κ2) is 8.96. The monoisotopic (exact) mass is 473 g/mol. The SMILES string of the molecule is CCOC(=O)[C@@H](OC(C)(C)C)c1c(C)cc2cc(C#N)ccc2c1OS(=O)(=O)C(F)(F)F. The van der Waals surface area contributed by atoms with Crippen LogP contribution in [0.1, 0.15) is 50.5 Å². The van der Waals surface area contributed by atoms with E-state index in [9.17, 15) is 26.4 Å². The number of esters is 1. The van der Waals surface area contributed by atoms with Crippen molar-refractivity contribution in [2.75, 3.05) is 6.61 Å². The first kappa shape index (κ1) is 25.4. The van der Waals surface area contributed by atoms with E-state index >= 15 is 0 Å². The molecule has 0 unspecified atom stereocenters. The first-order valence-corrected chi connectivity index (χ1v) is 10.8. The topological polar surface area (TPSA) is 103 Å². The van der Waals surface area contributed by atoms with E-state index in [0.717, 1.165) is 0 Å². The Hall–Kier alpha value is -2.84. The maximum Gasteiger partial charge on any atom is 0.534 e. The van der Waals surface area contributed by atoms with Crippen molar-refractivity contribution in [1.29, 1.82) is 5.26 Å². The van der Waals surface area contributed by atoms with Crippen molar-refractivity contribution < 1.29 is 40.0 Å². The third kappa shape index (κ3) is 5.49. The minimum absolute atomic E-state index is 0.0436. The summed E-state index contributed by atoms with van der Waals surface area (Å²) < 4.78 is 78.6. The molecule has 11 heteroatoms. The van der Waals surface area contributed by atoms with Gasteiger partial charge in [-0.1, -0.05) is 6.07 Å². The number of alkyl halides is 3. The summed E-state index contributed by atoms with van der Waals surface area (Å²) in [5.41, 5.74) is -6.48. The number of halogens is 3.